The minimum atomic E-state index is -5.97. The van der Waals surface area contributed by atoms with Crippen LogP contribution < -0.4 is 108 Å². The second-order valence-electron chi connectivity index (χ2n) is 7.33. The zero-order valence-corrected chi connectivity index (χ0v) is 42.1. The standard InChI is InChI=1S/2C3H6N6.5Al.3H5O10P3/c2*4-1-7-2(5)9-3(6)8-1;;;;;;3*1-11(2,3)9-13(7,8)10-12(4,5)6/h2*(H6,4,5,6,7,8,9);;;;;;3*(H,7,8)(H2,1,2,3)(H2,4,5,6)/q;;5*+3;;;/p-15. The van der Waals surface area contributed by atoms with Gasteiger partial charge < -0.3 is 135 Å². The normalized spacial score (nSPS) is 11.9. The summed E-state index contributed by atoms with van der Waals surface area (Å²) in [5, 5.41) is 0. The molecule has 2 aromatic rings. The largest absolute Gasteiger partial charge is 3.00 e. The van der Waals surface area contributed by atoms with Crippen molar-refractivity contribution >= 4 is 193 Å². The number of aromatic nitrogens is 6. The zero-order valence-electron chi connectivity index (χ0n) is 28.3. The van der Waals surface area contributed by atoms with Gasteiger partial charge in [0, 0.05) is 0 Å². The first-order valence-corrected chi connectivity index (χ1v) is 24.1. The van der Waals surface area contributed by atoms with E-state index in [1.807, 2.05) is 0 Å². The summed E-state index contributed by atoms with van der Waals surface area (Å²) in [4.78, 5) is 167. The van der Waals surface area contributed by atoms with Gasteiger partial charge in [0.25, 0.3) is 23.5 Å². The van der Waals surface area contributed by atoms with E-state index >= 15 is 0 Å². The summed E-state index contributed by atoms with van der Waals surface area (Å²) in [6.07, 6.45) is 0. The van der Waals surface area contributed by atoms with Crippen LogP contribution in [0.3, 0.4) is 0 Å². The molecule has 0 bridgehead atoms. The van der Waals surface area contributed by atoms with E-state index in [9.17, 15) is 114 Å². The quantitative estimate of drug-likeness (QED) is 0.0849. The number of hydrogen-bond acceptors (Lipinski definition) is 42. The molecule has 0 saturated carbocycles. The molecule has 0 aliphatic heterocycles. The van der Waals surface area contributed by atoms with E-state index in [1.54, 1.807) is 0 Å². The first kappa shape index (κ1) is 79.8. The number of phosphoric acid groups is 9. The van der Waals surface area contributed by atoms with Crippen molar-refractivity contribution in [1.29, 1.82) is 0 Å². The first-order valence-electron chi connectivity index (χ1n) is 11.0. The molecule has 0 aromatic carbocycles. The number of nitrogens with two attached hydrogens (primary N) is 6. The SMILES string of the molecule is Nc1nc(N)nc(N)n1.Nc1nc(N)nc(N)n1.O=P([O-])([O-])OP(=O)([O-])OP(=O)([O-])[O-].O=P([O-])([O-])OP(=O)([O-])OP(=O)([O-])[O-].O=P([O-])([O-])OP(=O)([O-])OP(=O)([O-])[O-].[Al+3].[Al+3].[Al+3].[Al+3].[Al+3]. The maximum absolute atomic E-state index is 10.1. The zero-order chi connectivity index (χ0) is 46.4. The molecule has 2 heterocycles. The summed E-state index contributed by atoms with van der Waals surface area (Å²) in [5.74, 6) is 0.250. The van der Waals surface area contributed by atoms with Crippen molar-refractivity contribution in [2.24, 2.45) is 0 Å². The Bertz CT molecular complexity index is 1700. The molecule has 0 unspecified atom stereocenters. The van der Waals surface area contributed by atoms with E-state index in [4.69, 9.17) is 34.4 Å². The maximum Gasteiger partial charge on any atom is 3.00 e. The first-order chi connectivity index (χ1) is 24.6. The molecule has 12 N–H and O–H groups in total. The summed E-state index contributed by atoms with van der Waals surface area (Å²) in [6, 6.07) is 0. The molecule has 0 spiro atoms. The Morgan fingerprint density at radius 1 is 0.258 bits per heavy atom. The van der Waals surface area contributed by atoms with Crippen molar-refractivity contribution < 1.29 is 140 Å². The smallest absolute Gasteiger partial charge is 0.790 e. The number of nitrogen functional groups attached to an aromatic ring is 6. The molecule has 2 rings (SSSR count). The fourth-order valence-corrected chi connectivity index (χ4v) is 8.68. The van der Waals surface area contributed by atoms with Gasteiger partial charge in [0.1, 0.15) is 0 Å². The van der Waals surface area contributed by atoms with Crippen LogP contribution in [0.5, 0.6) is 0 Å². The number of nitrogens with zero attached hydrogens (tertiary/aromatic N) is 6. The Morgan fingerprint density at radius 2 is 0.339 bits per heavy atom. The minimum Gasteiger partial charge on any atom is -0.790 e. The number of anilines is 6. The molecule has 0 aliphatic carbocycles. The average molecular weight is 1150 g/mol. The summed E-state index contributed by atoms with van der Waals surface area (Å²) in [5.41, 5.74) is 30.8. The summed E-state index contributed by atoms with van der Waals surface area (Å²) >= 11 is 0. The van der Waals surface area contributed by atoms with E-state index < -0.39 is 70.4 Å². The number of rotatable bonds is 12. The van der Waals surface area contributed by atoms with Crippen LogP contribution in [0.1, 0.15) is 0 Å². The van der Waals surface area contributed by atoms with Gasteiger partial charge in [-0.05, 0) is 0 Å². The van der Waals surface area contributed by atoms with Crippen LogP contribution in [0.4, 0.5) is 35.7 Å². The van der Waals surface area contributed by atoms with E-state index in [0.29, 0.717) is 0 Å². The van der Waals surface area contributed by atoms with Crippen molar-refractivity contribution in [3.05, 3.63) is 0 Å². The Balaban J connectivity index is -0.0000000967. The number of hydrogen-bond donors (Lipinski definition) is 6. The molecule has 42 nitrogen and oxygen atoms in total. The summed E-state index contributed by atoms with van der Waals surface area (Å²) < 4.78 is 104. The fourth-order valence-electron chi connectivity index (χ4n) is 1.63. The Kier molecular flexibility index (Phi) is 40.8. The van der Waals surface area contributed by atoms with Crippen LogP contribution in [-0.2, 0) is 66.9 Å². The molecule has 0 saturated heterocycles. The predicted octanol–water partition coefficient (Wildman–Crippen LogP) is -16.2. The van der Waals surface area contributed by atoms with Crippen LogP contribution in [-0.4, -0.2) is 117 Å². The topological polar surface area (TPSA) is 788 Å². The van der Waals surface area contributed by atoms with Crippen LogP contribution in [0.25, 0.3) is 0 Å². The van der Waals surface area contributed by atoms with E-state index in [1.165, 1.54) is 0 Å². The molecule has 0 radical (unpaired) electrons. The Hall–Kier alpha value is 0.712. The molecule has 0 amide bonds. The molecule has 0 atom stereocenters. The van der Waals surface area contributed by atoms with Gasteiger partial charge in [0.15, 0.2) is 0 Å². The second kappa shape index (κ2) is 31.7. The van der Waals surface area contributed by atoms with Gasteiger partial charge in [0.05, 0.1) is 46.9 Å². The van der Waals surface area contributed by atoms with E-state index in [0.717, 1.165) is 0 Å². The van der Waals surface area contributed by atoms with Gasteiger partial charge >= 0.3 is 86.8 Å². The third-order valence-corrected chi connectivity index (χ3v) is 12.2. The van der Waals surface area contributed by atoms with Gasteiger partial charge in [-0.2, -0.15) is 29.9 Å². The van der Waals surface area contributed by atoms with Gasteiger partial charge in [-0.1, -0.05) is 0 Å². The molecular weight excluding hydrogens is 1130 g/mol. The monoisotopic (exact) mass is 1150 g/mol. The molecule has 2 aromatic heterocycles. The Labute approximate surface area is 395 Å². The van der Waals surface area contributed by atoms with Crippen molar-refractivity contribution in [2.45, 2.75) is 0 Å². The molecule has 336 valence electrons. The third-order valence-electron chi connectivity index (χ3n) is 2.57. The van der Waals surface area contributed by atoms with Crippen LogP contribution in [0, 0.1) is 0 Å². The van der Waals surface area contributed by atoms with E-state index in [2.05, 4.69) is 55.8 Å². The summed E-state index contributed by atoms with van der Waals surface area (Å²) in [7, 11) is -53.7. The molecule has 0 fully saturated rings. The Morgan fingerprint density at radius 3 is 0.403 bits per heavy atom. The van der Waals surface area contributed by atoms with Gasteiger partial charge in [-0.3, -0.25) is 39.6 Å². The molecule has 0 aliphatic rings. The van der Waals surface area contributed by atoms with Crippen LogP contribution in [0.15, 0.2) is 0 Å². The average Bonchev–Trinajstić information content (AvgIpc) is 2.73. The molecular formula is C6H12Al5N12O30P9. The fraction of sp³-hybridized carbons (Fsp3) is 0. The second-order valence-corrected chi connectivity index (χ2v) is 19.3. The van der Waals surface area contributed by atoms with Crippen molar-refractivity contribution in [3.63, 3.8) is 0 Å². The molecule has 56 heteroatoms. The van der Waals surface area contributed by atoms with Crippen molar-refractivity contribution in [3.8, 4) is 0 Å². The van der Waals surface area contributed by atoms with Gasteiger partial charge in [-0.25, -0.2) is 0 Å². The van der Waals surface area contributed by atoms with Gasteiger partial charge in [0.2, 0.25) is 35.7 Å². The van der Waals surface area contributed by atoms with Crippen LogP contribution >= 0.6 is 70.4 Å². The third kappa shape index (κ3) is 58.7. The van der Waals surface area contributed by atoms with Crippen molar-refractivity contribution in [2.75, 3.05) is 34.4 Å². The van der Waals surface area contributed by atoms with Gasteiger partial charge in [-0.15, -0.1) is 0 Å². The van der Waals surface area contributed by atoms with Crippen LogP contribution in [0.2, 0.25) is 0 Å². The van der Waals surface area contributed by atoms with E-state index in [-0.39, 0.29) is 122 Å². The predicted molar refractivity (Wildman–Crippen MR) is 170 cm³/mol. The van der Waals surface area contributed by atoms with Crippen molar-refractivity contribution in [1.82, 2.24) is 29.9 Å². The minimum absolute atomic E-state index is 0. The molecule has 62 heavy (non-hydrogen) atoms. The maximum atomic E-state index is 10.1. The summed E-state index contributed by atoms with van der Waals surface area (Å²) in [6.45, 7) is 0.